The van der Waals surface area contributed by atoms with Crippen molar-refractivity contribution in [3.05, 3.63) is 58.7 Å². The van der Waals surface area contributed by atoms with E-state index in [2.05, 4.69) is 13.8 Å². The first-order valence-electron chi connectivity index (χ1n) is 19.7. The van der Waals surface area contributed by atoms with Crippen molar-refractivity contribution in [1.82, 2.24) is 0 Å². The third-order valence-corrected chi connectivity index (χ3v) is 14.2. The summed E-state index contributed by atoms with van der Waals surface area (Å²) in [5.41, 5.74) is -0.738. The molecular weight excluding hydrogens is 697 g/mol. The van der Waals surface area contributed by atoms with Crippen LogP contribution in [0.3, 0.4) is 0 Å². The van der Waals surface area contributed by atoms with E-state index in [1.165, 1.54) is 63.5 Å². The molecule has 3 aromatic carbocycles. The first-order chi connectivity index (χ1) is 25.0. The molecule has 0 bridgehead atoms. The fourth-order valence-electron chi connectivity index (χ4n) is 7.31. The highest BCUT2D eigenvalue weighted by atomic mass is 32.2. The third-order valence-electron chi connectivity index (χ3n) is 10.4. The molecule has 286 valence electrons. The summed E-state index contributed by atoms with van der Waals surface area (Å²) >= 11 is 0. The number of hydrogen-bond donors (Lipinski definition) is 2. The van der Waals surface area contributed by atoms with Crippen molar-refractivity contribution in [2.24, 2.45) is 0 Å². The van der Waals surface area contributed by atoms with Gasteiger partial charge in [-0.2, -0.15) is 0 Å². The zero-order valence-corrected chi connectivity index (χ0v) is 32.8. The quantitative estimate of drug-likeness (QED) is 0.0531. The highest BCUT2D eigenvalue weighted by Crippen LogP contribution is 2.46. The Bertz CT molecular complexity index is 1770. The minimum atomic E-state index is -4.17. The van der Waals surface area contributed by atoms with Crippen LogP contribution in [-0.2, 0) is 19.7 Å². The molecule has 52 heavy (non-hydrogen) atoms. The van der Waals surface area contributed by atoms with Crippen LogP contribution in [0.1, 0.15) is 174 Å². The smallest absolute Gasteiger partial charge is 0.198 e. The predicted octanol–water partition coefficient (Wildman–Crippen LogP) is 10.4. The number of phenolic OH excluding ortho intramolecular Hbond substituents is 2. The van der Waals surface area contributed by atoms with E-state index in [0.29, 0.717) is 25.7 Å². The van der Waals surface area contributed by atoms with Gasteiger partial charge in [-0.05, 0) is 25.0 Å². The summed E-state index contributed by atoms with van der Waals surface area (Å²) in [6.07, 6.45) is 20.1. The summed E-state index contributed by atoms with van der Waals surface area (Å²) in [6.45, 7) is 4.37. The number of carbonyl (C=O) groups is 2. The minimum absolute atomic E-state index is 0.0542. The van der Waals surface area contributed by atoms with Crippen LogP contribution in [0.5, 0.6) is 11.5 Å². The van der Waals surface area contributed by atoms with Crippen molar-refractivity contribution in [2.45, 2.75) is 152 Å². The summed E-state index contributed by atoms with van der Waals surface area (Å²) in [6, 6.07) is 8.20. The summed E-state index contributed by atoms with van der Waals surface area (Å²) in [5.74, 6) is -3.26. The Morgan fingerprint density at radius 3 is 1.06 bits per heavy atom. The summed E-state index contributed by atoms with van der Waals surface area (Å²) in [5, 5.41) is 22.5. The molecule has 1 aliphatic rings. The van der Waals surface area contributed by atoms with Crippen molar-refractivity contribution in [3.63, 3.8) is 0 Å². The monoisotopic (exact) mass is 754 g/mol. The van der Waals surface area contributed by atoms with Crippen molar-refractivity contribution < 1.29 is 36.6 Å². The van der Waals surface area contributed by atoms with E-state index in [1.807, 2.05) is 0 Å². The second-order valence-corrected chi connectivity index (χ2v) is 18.7. The van der Waals surface area contributed by atoms with Gasteiger partial charge in [0, 0.05) is 21.9 Å². The number of rotatable bonds is 24. The van der Waals surface area contributed by atoms with E-state index in [-0.39, 0.29) is 33.4 Å². The van der Waals surface area contributed by atoms with Crippen LogP contribution in [0.2, 0.25) is 0 Å². The molecule has 0 atom stereocenters. The van der Waals surface area contributed by atoms with Crippen LogP contribution in [0.4, 0.5) is 0 Å². The molecule has 0 fully saturated rings. The lowest BCUT2D eigenvalue weighted by Gasteiger charge is -2.22. The van der Waals surface area contributed by atoms with Gasteiger partial charge in [-0.1, -0.05) is 154 Å². The SMILES string of the molecule is CCCCCCCCCCCCS(=O)(=O)c1cc2c(O)c3c(c(O)c2cc1S(=O)(=O)CCCCCCCCCCCC)C(=O)c1ccccc1C3=O. The molecule has 0 unspecified atom stereocenters. The van der Waals surface area contributed by atoms with Gasteiger partial charge in [0.2, 0.25) is 0 Å². The van der Waals surface area contributed by atoms with Gasteiger partial charge in [-0.15, -0.1) is 0 Å². The van der Waals surface area contributed by atoms with Gasteiger partial charge in [-0.25, -0.2) is 16.8 Å². The maximum absolute atomic E-state index is 14.0. The maximum atomic E-state index is 14.0. The van der Waals surface area contributed by atoms with Gasteiger partial charge in [0.05, 0.1) is 32.4 Å². The Balaban J connectivity index is 1.60. The fraction of sp³-hybridized carbons (Fsp3) is 0.571. The molecule has 1 aliphatic carbocycles. The Morgan fingerprint density at radius 1 is 0.462 bits per heavy atom. The third kappa shape index (κ3) is 10.2. The molecule has 0 aliphatic heterocycles. The fourth-order valence-corrected chi connectivity index (χ4v) is 11.0. The number of fused-ring (bicyclic) bond motifs is 3. The van der Waals surface area contributed by atoms with E-state index >= 15 is 0 Å². The largest absolute Gasteiger partial charge is 0.506 e. The van der Waals surface area contributed by atoms with E-state index in [9.17, 15) is 36.6 Å². The molecule has 10 heteroatoms. The first-order valence-corrected chi connectivity index (χ1v) is 23.0. The standard InChI is InChI=1S/C42H58O8S2/c1-3-5-7-9-11-13-15-17-19-23-27-51(47,48)35-29-33-34(30-36(35)52(49,50)28-24-20-18-16-14-12-10-8-6-4-2)42(46)38-37(41(33)45)39(43)31-25-21-22-26-32(31)40(38)44/h21-22,25-26,29-30,45-46H,3-20,23-24,27-28H2,1-2H3. The normalized spacial score (nSPS) is 13.1. The Kier molecular flexibility index (Phi) is 15.7. The Labute approximate surface area is 311 Å². The number of hydrogen-bond acceptors (Lipinski definition) is 8. The number of sulfone groups is 2. The van der Waals surface area contributed by atoms with Crippen LogP contribution < -0.4 is 0 Å². The van der Waals surface area contributed by atoms with Crippen molar-refractivity contribution in [1.29, 1.82) is 0 Å². The molecule has 0 aromatic heterocycles. The maximum Gasteiger partial charge on any atom is 0.198 e. The molecule has 4 rings (SSSR count). The van der Waals surface area contributed by atoms with Gasteiger partial charge in [0.15, 0.2) is 31.2 Å². The van der Waals surface area contributed by atoms with Crippen molar-refractivity contribution in [2.75, 3.05) is 11.5 Å². The first kappa shape index (κ1) is 41.5. The Hall–Kier alpha value is -3.24. The molecule has 2 N–H and O–H groups in total. The van der Waals surface area contributed by atoms with E-state index < -0.39 is 63.7 Å². The van der Waals surface area contributed by atoms with Gasteiger partial charge < -0.3 is 10.2 Å². The summed E-state index contributed by atoms with van der Waals surface area (Å²) in [4.78, 5) is 26.2. The summed E-state index contributed by atoms with van der Waals surface area (Å²) < 4.78 is 55.8. The lowest BCUT2D eigenvalue weighted by Crippen LogP contribution is -2.21. The van der Waals surface area contributed by atoms with E-state index in [4.69, 9.17) is 0 Å². The minimum Gasteiger partial charge on any atom is -0.506 e. The topological polar surface area (TPSA) is 143 Å². The molecule has 8 nitrogen and oxygen atoms in total. The number of aromatic hydroxyl groups is 2. The van der Waals surface area contributed by atoms with Crippen LogP contribution in [-0.4, -0.2) is 50.1 Å². The Morgan fingerprint density at radius 2 is 0.750 bits per heavy atom. The highest BCUT2D eigenvalue weighted by Gasteiger charge is 2.37. The lowest BCUT2D eigenvalue weighted by atomic mass is 9.81. The second kappa shape index (κ2) is 19.7. The number of phenols is 2. The zero-order valence-electron chi connectivity index (χ0n) is 31.2. The molecule has 3 aromatic rings. The van der Waals surface area contributed by atoms with Gasteiger partial charge in [-0.3, -0.25) is 9.59 Å². The predicted molar refractivity (Wildman–Crippen MR) is 208 cm³/mol. The number of ketones is 2. The highest BCUT2D eigenvalue weighted by molar-refractivity contribution is 7.94. The lowest BCUT2D eigenvalue weighted by molar-refractivity contribution is 0.0974. The second-order valence-electron chi connectivity index (χ2n) is 14.5. The van der Waals surface area contributed by atoms with Gasteiger partial charge in [0.25, 0.3) is 0 Å². The number of carbonyl (C=O) groups excluding carboxylic acids is 2. The molecule has 0 spiro atoms. The van der Waals surface area contributed by atoms with Crippen LogP contribution in [0.25, 0.3) is 10.8 Å². The molecule has 0 saturated carbocycles. The number of benzene rings is 3. The van der Waals surface area contributed by atoms with E-state index in [1.54, 1.807) is 12.1 Å². The molecular formula is C42H58O8S2. The average Bonchev–Trinajstić information content (AvgIpc) is 3.13. The van der Waals surface area contributed by atoms with Crippen molar-refractivity contribution >= 4 is 42.0 Å². The van der Waals surface area contributed by atoms with E-state index in [0.717, 1.165) is 63.5 Å². The molecule has 0 amide bonds. The number of unbranched alkanes of at least 4 members (excludes halogenated alkanes) is 18. The van der Waals surface area contributed by atoms with Gasteiger partial charge >= 0.3 is 0 Å². The van der Waals surface area contributed by atoms with Crippen molar-refractivity contribution in [3.8, 4) is 11.5 Å². The van der Waals surface area contributed by atoms with Gasteiger partial charge in [0.1, 0.15) is 11.5 Å². The van der Waals surface area contributed by atoms with Crippen LogP contribution >= 0.6 is 0 Å². The zero-order chi connectivity index (χ0) is 37.7. The molecule has 0 radical (unpaired) electrons. The average molecular weight is 755 g/mol. The van der Waals surface area contributed by atoms with Crippen LogP contribution in [0, 0.1) is 0 Å². The molecule has 0 heterocycles. The summed E-state index contributed by atoms with van der Waals surface area (Å²) in [7, 11) is -8.35. The molecule has 0 saturated heterocycles. The van der Waals surface area contributed by atoms with Crippen LogP contribution in [0.15, 0.2) is 46.2 Å².